The molecule has 0 aliphatic heterocycles. The van der Waals surface area contributed by atoms with Crippen molar-refractivity contribution >= 4 is 22.2 Å². The topological polar surface area (TPSA) is 62.1 Å². The highest BCUT2D eigenvalue weighted by molar-refractivity contribution is 7.16. The third-order valence-electron chi connectivity index (χ3n) is 6.29. The summed E-state index contributed by atoms with van der Waals surface area (Å²) in [6.45, 7) is 11.1. The third-order valence-corrected chi connectivity index (χ3v) is 7.46. The van der Waals surface area contributed by atoms with Gasteiger partial charge in [-0.2, -0.15) is 5.26 Å². The largest absolute Gasteiger partial charge is 0.484 e. The summed E-state index contributed by atoms with van der Waals surface area (Å²) in [6, 6.07) is 10.2. The van der Waals surface area contributed by atoms with Crippen LogP contribution in [0.4, 0.5) is 5.00 Å². The lowest BCUT2D eigenvalue weighted by Gasteiger charge is -2.33. The number of hydrogen-bond donors (Lipinski definition) is 1. The van der Waals surface area contributed by atoms with E-state index in [1.165, 1.54) is 10.4 Å². The van der Waals surface area contributed by atoms with Crippen molar-refractivity contribution in [3.63, 3.8) is 0 Å². The van der Waals surface area contributed by atoms with Gasteiger partial charge in [-0.25, -0.2) is 0 Å². The zero-order valence-electron chi connectivity index (χ0n) is 18.7. The number of nitrogens with one attached hydrogen (secondary N) is 1. The van der Waals surface area contributed by atoms with Crippen LogP contribution >= 0.6 is 11.3 Å². The second-order valence-electron chi connectivity index (χ2n) is 9.34. The van der Waals surface area contributed by atoms with Crippen LogP contribution in [0.1, 0.15) is 74.9 Å². The number of thiophene rings is 1. The maximum Gasteiger partial charge on any atom is 0.262 e. The molecule has 1 N–H and O–H groups in total. The van der Waals surface area contributed by atoms with E-state index in [-0.39, 0.29) is 17.9 Å². The quantitative estimate of drug-likeness (QED) is 0.592. The minimum absolute atomic E-state index is 0.0687. The Kier molecular flexibility index (Phi) is 6.88. The lowest BCUT2D eigenvalue weighted by molar-refractivity contribution is -0.118. The Balaban J connectivity index is 1.63. The minimum atomic E-state index is -0.233. The second kappa shape index (κ2) is 9.22. The molecule has 0 spiro atoms. The molecule has 0 saturated carbocycles. The second-order valence-corrected chi connectivity index (χ2v) is 10.4. The van der Waals surface area contributed by atoms with Crippen molar-refractivity contribution in [1.29, 1.82) is 5.26 Å². The van der Waals surface area contributed by atoms with Gasteiger partial charge in [0.2, 0.25) is 0 Å². The lowest BCUT2D eigenvalue weighted by atomic mass is 9.72. The first-order chi connectivity index (χ1) is 14.2. The molecule has 160 valence electrons. The Morgan fingerprint density at radius 3 is 2.63 bits per heavy atom. The van der Waals surface area contributed by atoms with E-state index in [0.717, 1.165) is 31.2 Å². The number of rotatable bonds is 6. The van der Waals surface area contributed by atoms with Crippen molar-refractivity contribution in [1.82, 2.24) is 0 Å². The number of benzene rings is 1. The Hall–Kier alpha value is -2.32. The zero-order valence-corrected chi connectivity index (χ0v) is 19.5. The van der Waals surface area contributed by atoms with Crippen LogP contribution in [0.15, 0.2) is 24.3 Å². The van der Waals surface area contributed by atoms with Gasteiger partial charge in [-0.05, 0) is 66.2 Å². The highest BCUT2D eigenvalue weighted by Crippen LogP contribution is 2.43. The average molecular weight is 425 g/mol. The summed E-state index contributed by atoms with van der Waals surface area (Å²) in [5.74, 6) is 1.55. The number of amides is 1. The van der Waals surface area contributed by atoms with Crippen LogP contribution in [-0.2, 0) is 17.6 Å². The summed E-state index contributed by atoms with van der Waals surface area (Å²) in [5.41, 5.74) is 3.27. The Morgan fingerprint density at radius 1 is 1.33 bits per heavy atom. The molecule has 30 heavy (non-hydrogen) atoms. The van der Waals surface area contributed by atoms with Gasteiger partial charge in [-0.3, -0.25) is 4.79 Å². The fourth-order valence-corrected chi connectivity index (χ4v) is 5.27. The van der Waals surface area contributed by atoms with E-state index in [0.29, 0.717) is 28.1 Å². The molecular formula is C25H32N2O2S. The molecule has 1 aliphatic rings. The van der Waals surface area contributed by atoms with E-state index >= 15 is 0 Å². The van der Waals surface area contributed by atoms with Gasteiger partial charge in [0.15, 0.2) is 6.61 Å². The standard InChI is InChI=1S/C25H32N2O2S/c1-6-16(2)17-7-10-19(11-8-17)29-15-23(28)27-24-21(14-26)20-12-9-18(25(3,4)5)13-22(20)30-24/h7-8,10-11,16,18H,6,9,12-13,15H2,1-5H3,(H,27,28). The van der Waals surface area contributed by atoms with Crippen LogP contribution in [0.3, 0.4) is 0 Å². The molecule has 2 atom stereocenters. The van der Waals surface area contributed by atoms with Crippen molar-refractivity contribution in [3.05, 3.63) is 45.8 Å². The van der Waals surface area contributed by atoms with Gasteiger partial charge < -0.3 is 10.1 Å². The summed E-state index contributed by atoms with van der Waals surface area (Å²) in [5, 5.41) is 13.3. The maximum absolute atomic E-state index is 12.5. The maximum atomic E-state index is 12.5. The van der Waals surface area contributed by atoms with E-state index in [4.69, 9.17) is 4.74 Å². The summed E-state index contributed by atoms with van der Waals surface area (Å²) < 4.78 is 5.66. The Morgan fingerprint density at radius 2 is 2.03 bits per heavy atom. The predicted molar refractivity (Wildman–Crippen MR) is 123 cm³/mol. The molecule has 5 heteroatoms. The lowest BCUT2D eigenvalue weighted by Crippen LogP contribution is -2.26. The van der Waals surface area contributed by atoms with E-state index in [1.807, 2.05) is 24.3 Å². The molecule has 0 saturated heterocycles. The molecule has 1 amide bonds. The number of hydrogen-bond acceptors (Lipinski definition) is 4. The van der Waals surface area contributed by atoms with E-state index in [2.05, 4.69) is 46.0 Å². The summed E-state index contributed by atoms with van der Waals surface area (Å²) in [4.78, 5) is 13.7. The van der Waals surface area contributed by atoms with Gasteiger partial charge in [0, 0.05) is 4.88 Å². The monoisotopic (exact) mass is 424 g/mol. The summed E-state index contributed by atoms with van der Waals surface area (Å²) in [6.07, 6.45) is 4.06. The van der Waals surface area contributed by atoms with E-state index < -0.39 is 0 Å². The Bertz CT molecular complexity index is 932. The molecule has 2 unspecified atom stereocenters. The van der Waals surface area contributed by atoms with Gasteiger partial charge in [-0.15, -0.1) is 11.3 Å². The van der Waals surface area contributed by atoms with Crippen LogP contribution in [-0.4, -0.2) is 12.5 Å². The molecule has 1 aromatic heterocycles. The van der Waals surface area contributed by atoms with Gasteiger partial charge in [0.25, 0.3) is 5.91 Å². The molecule has 0 radical (unpaired) electrons. The van der Waals surface area contributed by atoms with Crippen molar-refractivity contribution in [2.24, 2.45) is 11.3 Å². The number of fused-ring (bicyclic) bond motifs is 1. The third kappa shape index (κ3) is 5.05. The zero-order chi connectivity index (χ0) is 21.9. The predicted octanol–water partition coefficient (Wildman–Crippen LogP) is 6.30. The molecule has 2 aromatic rings. The molecule has 0 bridgehead atoms. The van der Waals surface area contributed by atoms with Gasteiger partial charge in [-0.1, -0.05) is 46.8 Å². The van der Waals surface area contributed by atoms with Crippen molar-refractivity contribution in [3.8, 4) is 11.8 Å². The molecule has 0 fully saturated rings. The molecule has 1 heterocycles. The van der Waals surface area contributed by atoms with Gasteiger partial charge in [0.1, 0.15) is 16.8 Å². The highest BCUT2D eigenvalue weighted by Gasteiger charge is 2.32. The van der Waals surface area contributed by atoms with Crippen molar-refractivity contribution in [2.45, 2.75) is 66.2 Å². The fraction of sp³-hybridized carbons (Fsp3) is 0.520. The molecule has 4 nitrogen and oxygen atoms in total. The van der Waals surface area contributed by atoms with E-state index in [9.17, 15) is 10.1 Å². The van der Waals surface area contributed by atoms with E-state index in [1.54, 1.807) is 11.3 Å². The number of anilines is 1. The van der Waals surface area contributed by atoms with Crippen LogP contribution in [0.2, 0.25) is 0 Å². The number of ether oxygens (including phenoxy) is 1. The first-order valence-electron chi connectivity index (χ1n) is 10.8. The van der Waals surface area contributed by atoms with Gasteiger partial charge in [0.05, 0.1) is 5.56 Å². The van der Waals surface area contributed by atoms with Gasteiger partial charge >= 0.3 is 0 Å². The number of carbonyl (C=O) groups excluding carboxylic acids is 1. The molecule has 1 aliphatic carbocycles. The molecular weight excluding hydrogens is 392 g/mol. The summed E-state index contributed by atoms with van der Waals surface area (Å²) >= 11 is 1.55. The first kappa shape index (κ1) is 22.4. The van der Waals surface area contributed by atoms with Crippen molar-refractivity contribution < 1.29 is 9.53 Å². The smallest absolute Gasteiger partial charge is 0.262 e. The fourth-order valence-electron chi connectivity index (χ4n) is 3.97. The highest BCUT2D eigenvalue weighted by atomic mass is 32.1. The molecule has 1 aromatic carbocycles. The molecule has 3 rings (SSSR count). The Labute approximate surface area is 184 Å². The first-order valence-corrected chi connectivity index (χ1v) is 11.6. The number of nitriles is 1. The van der Waals surface area contributed by atoms with Crippen LogP contribution in [0, 0.1) is 22.7 Å². The van der Waals surface area contributed by atoms with Crippen LogP contribution < -0.4 is 10.1 Å². The number of nitrogens with zero attached hydrogens (tertiary/aromatic N) is 1. The SMILES string of the molecule is CCC(C)c1ccc(OCC(=O)Nc2sc3c(c2C#N)CCC(C(C)(C)C)C3)cc1. The minimum Gasteiger partial charge on any atom is -0.484 e. The summed E-state index contributed by atoms with van der Waals surface area (Å²) in [7, 11) is 0. The normalized spacial score (nSPS) is 17.0. The van der Waals surface area contributed by atoms with Crippen LogP contribution in [0.5, 0.6) is 5.75 Å². The average Bonchev–Trinajstić information content (AvgIpc) is 3.07. The number of carbonyl (C=O) groups is 1. The van der Waals surface area contributed by atoms with Crippen molar-refractivity contribution in [2.75, 3.05) is 11.9 Å². The van der Waals surface area contributed by atoms with Crippen LogP contribution in [0.25, 0.3) is 0 Å².